The summed E-state index contributed by atoms with van der Waals surface area (Å²) in [6.45, 7) is 6.23. The number of nitrogens with zero attached hydrogens (tertiary/aromatic N) is 2. The van der Waals surface area contributed by atoms with Gasteiger partial charge in [0.2, 0.25) is 0 Å². The second-order valence-electron chi connectivity index (χ2n) is 7.01. The lowest BCUT2D eigenvalue weighted by molar-refractivity contribution is 0.0305. The number of carbonyl (C=O) groups is 1. The first-order valence-corrected chi connectivity index (χ1v) is 8.71. The largest absolute Gasteiger partial charge is 0.459 e. The van der Waals surface area contributed by atoms with Crippen LogP contribution in [0.5, 0.6) is 0 Å². The van der Waals surface area contributed by atoms with Crippen molar-refractivity contribution in [3.63, 3.8) is 0 Å². The van der Waals surface area contributed by atoms with Crippen LogP contribution in [0.1, 0.15) is 23.4 Å². The number of methoxy groups -OCH3 is 2. The lowest BCUT2D eigenvalue weighted by Gasteiger charge is -2.42. The number of ether oxygens (including phenoxy) is 2. The highest BCUT2D eigenvalue weighted by molar-refractivity contribution is 5.91. The van der Waals surface area contributed by atoms with Crippen molar-refractivity contribution in [1.29, 1.82) is 0 Å². The first-order chi connectivity index (χ1) is 11.7. The molecule has 1 atom stereocenters. The minimum Gasteiger partial charge on any atom is -0.459 e. The maximum atomic E-state index is 12.5. The summed E-state index contributed by atoms with van der Waals surface area (Å²) in [4.78, 5) is 16.9. The SMILES string of the molecule is COCCN1C[C@@H](COC)C2(CCN(C(=O)c3ccco3)CC2)C1. The zero-order valence-electron chi connectivity index (χ0n) is 14.7. The molecule has 0 bridgehead atoms. The molecule has 3 heterocycles. The van der Waals surface area contributed by atoms with Gasteiger partial charge in [-0.3, -0.25) is 4.79 Å². The van der Waals surface area contributed by atoms with Crippen LogP contribution in [0.25, 0.3) is 0 Å². The molecule has 1 spiro atoms. The molecule has 2 aliphatic rings. The zero-order valence-corrected chi connectivity index (χ0v) is 14.7. The van der Waals surface area contributed by atoms with Gasteiger partial charge in [0.05, 0.1) is 19.5 Å². The minimum atomic E-state index is 0.00683. The molecule has 134 valence electrons. The van der Waals surface area contributed by atoms with Crippen LogP contribution >= 0.6 is 0 Å². The number of carbonyl (C=O) groups excluding carboxylic acids is 1. The molecule has 0 aromatic carbocycles. The summed E-state index contributed by atoms with van der Waals surface area (Å²) in [5, 5.41) is 0. The van der Waals surface area contributed by atoms with Gasteiger partial charge in [-0.05, 0) is 30.4 Å². The minimum absolute atomic E-state index is 0.00683. The van der Waals surface area contributed by atoms with E-state index in [2.05, 4.69) is 4.90 Å². The van der Waals surface area contributed by atoms with E-state index < -0.39 is 0 Å². The van der Waals surface area contributed by atoms with Crippen LogP contribution in [0.4, 0.5) is 0 Å². The van der Waals surface area contributed by atoms with Gasteiger partial charge in [-0.2, -0.15) is 0 Å². The number of rotatable bonds is 6. The standard InChI is InChI=1S/C18H28N2O4/c1-22-11-9-19-12-15(13-23-2)18(14-19)5-7-20(8-6-18)17(21)16-4-3-10-24-16/h3-4,10,15H,5-9,11-14H2,1-2H3/t15-/m0/s1. The Kier molecular flexibility index (Phi) is 5.58. The third-order valence-electron chi connectivity index (χ3n) is 5.64. The topological polar surface area (TPSA) is 55.2 Å². The summed E-state index contributed by atoms with van der Waals surface area (Å²) in [6, 6.07) is 3.50. The van der Waals surface area contributed by atoms with Crippen LogP contribution in [0.3, 0.4) is 0 Å². The smallest absolute Gasteiger partial charge is 0.289 e. The summed E-state index contributed by atoms with van der Waals surface area (Å²) < 4.78 is 16.0. The summed E-state index contributed by atoms with van der Waals surface area (Å²) >= 11 is 0. The molecule has 24 heavy (non-hydrogen) atoms. The van der Waals surface area contributed by atoms with Crippen LogP contribution in [0, 0.1) is 11.3 Å². The number of hydrogen-bond donors (Lipinski definition) is 0. The summed E-state index contributed by atoms with van der Waals surface area (Å²) in [7, 11) is 3.53. The molecule has 3 rings (SSSR count). The van der Waals surface area contributed by atoms with Crippen LogP contribution in [-0.2, 0) is 9.47 Å². The van der Waals surface area contributed by atoms with Crippen LogP contribution < -0.4 is 0 Å². The number of likely N-dealkylation sites (tertiary alicyclic amines) is 2. The van der Waals surface area contributed by atoms with Gasteiger partial charge in [-0.1, -0.05) is 0 Å². The second kappa shape index (κ2) is 7.68. The van der Waals surface area contributed by atoms with Gasteiger partial charge in [0, 0.05) is 52.9 Å². The van der Waals surface area contributed by atoms with Crippen molar-refractivity contribution in [1.82, 2.24) is 9.80 Å². The van der Waals surface area contributed by atoms with Crippen molar-refractivity contribution in [3.8, 4) is 0 Å². The molecular weight excluding hydrogens is 308 g/mol. The summed E-state index contributed by atoms with van der Waals surface area (Å²) in [5.41, 5.74) is 0.254. The monoisotopic (exact) mass is 336 g/mol. The number of furan rings is 1. The highest BCUT2D eigenvalue weighted by Gasteiger charge is 2.48. The molecule has 0 saturated carbocycles. The van der Waals surface area contributed by atoms with Crippen LogP contribution in [0.2, 0.25) is 0 Å². The quantitative estimate of drug-likeness (QED) is 0.792. The Morgan fingerprint density at radius 2 is 2.12 bits per heavy atom. The van der Waals surface area contributed by atoms with E-state index in [4.69, 9.17) is 13.9 Å². The van der Waals surface area contributed by atoms with Gasteiger partial charge < -0.3 is 23.7 Å². The van der Waals surface area contributed by atoms with Gasteiger partial charge in [-0.15, -0.1) is 0 Å². The predicted molar refractivity (Wildman–Crippen MR) is 90.0 cm³/mol. The van der Waals surface area contributed by atoms with Gasteiger partial charge in [0.1, 0.15) is 0 Å². The lowest BCUT2D eigenvalue weighted by Crippen LogP contribution is -2.47. The molecule has 0 aliphatic carbocycles. The number of amides is 1. The number of hydrogen-bond acceptors (Lipinski definition) is 5. The fraction of sp³-hybridized carbons (Fsp3) is 0.722. The molecule has 0 radical (unpaired) electrons. The van der Waals surface area contributed by atoms with Crippen LogP contribution in [0.15, 0.2) is 22.8 Å². The van der Waals surface area contributed by atoms with Crippen molar-refractivity contribution in [2.24, 2.45) is 11.3 Å². The molecular formula is C18H28N2O4. The first kappa shape index (κ1) is 17.5. The molecule has 0 unspecified atom stereocenters. The highest BCUT2D eigenvalue weighted by atomic mass is 16.5. The fourth-order valence-electron chi connectivity index (χ4n) is 4.24. The van der Waals surface area contributed by atoms with E-state index in [9.17, 15) is 4.79 Å². The molecule has 1 aromatic rings. The molecule has 2 fully saturated rings. The molecule has 1 amide bonds. The average Bonchev–Trinajstić information content (AvgIpc) is 3.23. The van der Waals surface area contributed by atoms with E-state index in [0.29, 0.717) is 11.7 Å². The predicted octanol–water partition coefficient (Wildman–Crippen LogP) is 1.73. The fourth-order valence-corrected chi connectivity index (χ4v) is 4.24. The Hall–Kier alpha value is -1.37. The Morgan fingerprint density at radius 1 is 1.33 bits per heavy atom. The van der Waals surface area contributed by atoms with E-state index >= 15 is 0 Å². The van der Waals surface area contributed by atoms with Crippen molar-refractivity contribution < 1.29 is 18.7 Å². The summed E-state index contributed by atoms with van der Waals surface area (Å²) in [5.74, 6) is 0.972. The molecule has 6 nitrogen and oxygen atoms in total. The zero-order chi connectivity index (χ0) is 17.0. The average molecular weight is 336 g/mol. The van der Waals surface area contributed by atoms with Gasteiger partial charge in [0.15, 0.2) is 5.76 Å². The lowest BCUT2D eigenvalue weighted by atomic mass is 9.71. The van der Waals surface area contributed by atoms with E-state index in [0.717, 1.165) is 58.8 Å². The van der Waals surface area contributed by atoms with Gasteiger partial charge in [0.25, 0.3) is 5.91 Å². The second-order valence-corrected chi connectivity index (χ2v) is 7.01. The third-order valence-corrected chi connectivity index (χ3v) is 5.64. The third kappa shape index (κ3) is 3.50. The Morgan fingerprint density at radius 3 is 2.75 bits per heavy atom. The van der Waals surface area contributed by atoms with Crippen molar-refractivity contribution in [2.45, 2.75) is 12.8 Å². The van der Waals surface area contributed by atoms with E-state index in [1.54, 1.807) is 32.6 Å². The van der Waals surface area contributed by atoms with Crippen molar-refractivity contribution in [3.05, 3.63) is 24.2 Å². The normalized spacial score (nSPS) is 23.9. The van der Waals surface area contributed by atoms with Gasteiger partial charge in [-0.25, -0.2) is 0 Å². The summed E-state index contributed by atoms with van der Waals surface area (Å²) in [6.07, 6.45) is 3.60. The molecule has 6 heteroatoms. The van der Waals surface area contributed by atoms with E-state index in [-0.39, 0.29) is 11.3 Å². The van der Waals surface area contributed by atoms with E-state index in [1.807, 2.05) is 4.90 Å². The van der Waals surface area contributed by atoms with Gasteiger partial charge >= 0.3 is 0 Å². The Bertz CT molecular complexity index is 523. The van der Waals surface area contributed by atoms with Crippen molar-refractivity contribution >= 4 is 5.91 Å². The number of piperidine rings is 1. The molecule has 1 aromatic heterocycles. The highest BCUT2D eigenvalue weighted by Crippen LogP contribution is 2.44. The van der Waals surface area contributed by atoms with Crippen molar-refractivity contribution in [2.75, 3.05) is 60.2 Å². The van der Waals surface area contributed by atoms with E-state index in [1.165, 1.54) is 0 Å². The van der Waals surface area contributed by atoms with Crippen LogP contribution in [-0.4, -0.2) is 75.9 Å². The molecule has 2 saturated heterocycles. The maximum Gasteiger partial charge on any atom is 0.289 e. The maximum absolute atomic E-state index is 12.5. The first-order valence-electron chi connectivity index (χ1n) is 8.71. The Balaban J connectivity index is 1.62. The molecule has 2 aliphatic heterocycles. The molecule has 0 N–H and O–H groups in total. The Labute approximate surface area is 143 Å².